The minimum Gasteiger partial charge on any atom is -0.329 e. The van der Waals surface area contributed by atoms with Gasteiger partial charge in [-0.25, -0.2) is 0 Å². The lowest BCUT2D eigenvalue weighted by molar-refractivity contribution is 0.386. The first-order valence-corrected chi connectivity index (χ1v) is 8.55. The van der Waals surface area contributed by atoms with E-state index in [-0.39, 0.29) is 0 Å². The van der Waals surface area contributed by atoms with Gasteiger partial charge in [-0.15, -0.1) is 7.26 Å². The lowest BCUT2D eigenvalue weighted by Crippen LogP contribution is -2.26. The normalized spacial score (nSPS) is 13.8. The average molecular weight is 312 g/mol. The van der Waals surface area contributed by atoms with Gasteiger partial charge in [-0.1, -0.05) is 0 Å². The number of rotatable bonds is 8. The Balaban J connectivity index is 4.85. The highest BCUT2D eigenvalue weighted by atomic mass is 32.3. The second kappa shape index (κ2) is 6.03. The Hall–Kier alpha value is -0.310. The quantitative estimate of drug-likeness (QED) is 0.465. The molecule has 0 spiro atoms. The molecular weight excluding hydrogens is 300 g/mol. The molecule has 17 heavy (non-hydrogen) atoms. The van der Waals surface area contributed by atoms with Crippen molar-refractivity contribution < 1.29 is 32.5 Å². The summed E-state index contributed by atoms with van der Waals surface area (Å²) in [5.41, 5.74) is 9.76. The number of hydrogen-bond acceptors (Lipinski definition) is 10. The minimum absolute atomic E-state index is 0.395. The first-order valence-electron chi connectivity index (χ1n) is 4.06. The van der Waals surface area contributed by atoms with Crippen LogP contribution in [0.1, 0.15) is 0 Å². The van der Waals surface area contributed by atoms with Crippen molar-refractivity contribution in [3.05, 3.63) is 0 Å². The van der Waals surface area contributed by atoms with E-state index in [9.17, 15) is 25.3 Å². The van der Waals surface area contributed by atoms with Gasteiger partial charge in [-0.2, -0.15) is 25.3 Å². The molecule has 0 saturated carbocycles. The first kappa shape index (κ1) is 16.7. The van der Waals surface area contributed by atoms with Gasteiger partial charge in [0.05, 0.1) is 11.5 Å². The molecule has 0 atom stereocenters. The van der Waals surface area contributed by atoms with Crippen molar-refractivity contribution in [2.24, 2.45) is 11.5 Å². The van der Waals surface area contributed by atoms with Gasteiger partial charge in [-0.3, -0.25) is 0 Å². The van der Waals surface area contributed by atoms with Gasteiger partial charge in [0, 0.05) is 13.1 Å². The molecule has 0 unspecified atom stereocenters. The van der Waals surface area contributed by atoms with E-state index < -0.39 is 55.2 Å². The standard InChI is InChI=1S/C4H12N2O8S3/c5-1-3-15(7,8)13-17(11,12)14-16(9,10)4-2-6/h1-6H2. The van der Waals surface area contributed by atoms with Crippen molar-refractivity contribution in [3.8, 4) is 0 Å². The van der Waals surface area contributed by atoms with Crippen LogP contribution >= 0.6 is 0 Å². The third-order valence-electron chi connectivity index (χ3n) is 1.11. The van der Waals surface area contributed by atoms with Crippen LogP contribution in [0.5, 0.6) is 0 Å². The second-order valence-electron chi connectivity index (χ2n) is 2.65. The van der Waals surface area contributed by atoms with Crippen LogP contribution in [0.3, 0.4) is 0 Å². The topological polar surface area (TPSA) is 173 Å². The molecule has 0 aliphatic heterocycles. The van der Waals surface area contributed by atoms with E-state index in [1.165, 1.54) is 0 Å². The van der Waals surface area contributed by atoms with Crippen molar-refractivity contribution in [2.75, 3.05) is 24.6 Å². The summed E-state index contributed by atoms with van der Waals surface area (Å²) in [5.74, 6) is -1.60. The summed E-state index contributed by atoms with van der Waals surface area (Å²) in [7, 11) is -14.2. The van der Waals surface area contributed by atoms with E-state index in [1.54, 1.807) is 0 Å². The molecule has 0 aromatic heterocycles. The Morgan fingerprint density at radius 2 is 1.00 bits per heavy atom. The average Bonchev–Trinajstić information content (AvgIpc) is 1.96. The largest absolute Gasteiger partial charge is 0.429 e. The van der Waals surface area contributed by atoms with Crippen LogP contribution in [0.4, 0.5) is 0 Å². The molecule has 10 nitrogen and oxygen atoms in total. The van der Waals surface area contributed by atoms with Gasteiger partial charge in [0.1, 0.15) is 0 Å². The van der Waals surface area contributed by atoms with Crippen molar-refractivity contribution in [2.45, 2.75) is 0 Å². The minimum atomic E-state index is -5.23. The van der Waals surface area contributed by atoms with Gasteiger partial charge in [-0.05, 0) is 0 Å². The Kier molecular flexibility index (Phi) is 5.92. The van der Waals surface area contributed by atoms with E-state index in [0.29, 0.717) is 0 Å². The van der Waals surface area contributed by atoms with E-state index >= 15 is 0 Å². The van der Waals surface area contributed by atoms with Crippen LogP contribution in [-0.4, -0.2) is 49.8 Å². The molecule has 0 rings (SSSR count). The number of nitrogens with two attached hydrogens (primary N) is 2. The van der Waals surface area contributed by atoms with Gasteiger partial charge >= 0.3 is 10.4 Å². The molecule has 0 heterocycles. The van der Waals surface area contributed by atoms with E-state index in [4.69, 9.17) is 11.5 Å². The van der Waals surface area contributed by atoms with Gasteiger partial charge in [0.15, 0.2) is 0 Å². The molecule has 0 bridgehead atoms. The zero-order valence-electron chi connectivity index (χ0n) is 8.47. The zero-order chi connectivity index (χ0) is 13.7. The zero-order valence-corrected chi connectivity index (χ0v) is 10.9. The molecule has 0 aliphatic rings. The fourth-order valence-electron chi connectivity index (χ4n) is 0.622. The molecule has 4 N–H and O–H groups in total. The molecule has 0 fully saturated rings. The van der Waals surface area contributed by atoms with E-state index in [1.807, 2.05) is 0 Å². The summed E-state index contributed by atoms with van der Waals surface area (Å²) in [4.78, 5) is 0. The molecule has 0 saturated heterocycles. The van der Waals surface area contributed by atoms with E-state index in [2.05, 4.69) is 7.26 Å². The Labute approximate surface area is 99.5 Å². The fourth-order valence-corrected chi connectivity index (χ4v) is 4.07. The lowest BCUT2D eigenvalue weighted by atomic mass is 10.8. The van der Waals surface area contributed by atoms with Crippen molar-refractivity contribution in [1.29, 1.82) is 0 Å². The molecule has 0 amide bonds. The molecule has 104 valence electrons. The summed E-state index contributed by atoms with van der Waals surface area (Å²) in [6, 6.07) is 0. The highest BCUT2D eigenvalue weighted by Crippen LogP contribution is 2.07. The molecule has 0 radical (unpaired) electrons. The maximum atomic E-state index is 10.9. The van der Waals surface area contributed by atoms with Gasteiger partial charge in [0.25, 0.3) is 20.2 Å². The molecule has 0 aromatic rings. The molecular formula is C4H12N2O8S3. The lowest BCUT2D eigenvalue weighted by Gasteiger charge is -2.05. The summed E-state index contributed by atoms with van der Waals surface area (Å²) in [5, 5.41) is 0. The predicted octanol–water partition coefficient (Wildman–Crippen LogP) is -3.16. The van der Waals surface area contributed by atoms with Crippen molar-refractivity contribution in [3.63, 3.8) is 0 Å². The van der Waals surface area contributed by atoms with Crippen LogP contribution in [0, 0.1) is 0 Å². The predicted molar refractivity (Wildman–Crippen MR) is 56.8 cm³/mol. The maximum absolute atomic E-state index is 10.9. The monoisotopic (exact) mass is 312 g/mol. The van der Waals surface area contributed by atoms with Crippen molar-refractivity contribution in [1.82, 2.24) is 0 Å². The third-order valence-corrected chi connectivity index (χ3v) is 5.57. The summed E-state index contributed by atoms with van der Waals surface area (Å²) in [6.45, 7) is -0.791. The van der Waals surface area contributed by atoms with Crippen LogP contribution in [0.2, 0.25) is 0 Å². The van der Waals surface area contributed by atoms with Crippen LogP contribution in [0.15, 0.2) is 0 Å². The smallest absolute Gasteiger partial charge is 0.329 e. The van der Waals surface area contributed by atoms with E-state index in [0.717, 1.165) is 0 Å². The van der Waals surface area contributed by atoms with Gasteiger partial charge in [0.2, 0.25) is 0 Å². The maximum Gasteiger partial charge on any atom is 0.429 e. The Morgan fingerprint density at radius 1 is 0.706 bits per heavy atom. The molecule has 0 aromatic carbocycles. The van der Waals surface area contributed by atoms with Crippen LogP contribution in [-0.2, 0) is 37.9 Å². The highest BCUT2D eigenvalue weighted by molar-refractivity contribution is 8.03. The molecule has 0 aliphatic carbocycles. The Bertz CT molecular complexity index is 487. The summed E-state index contributed by atoms with van der Waals surface area (Å²) < 4.78 is 72.6. The fraction of sp³-hybridized carbons (Fsp3) is 1.00. The molecule has 13 heteroatoms. The first-order chi connectivity index (χ1) is 7.54. The number of hydrogen-bond donors (Lipinski definition) is 2. The van der Waals surface area contributed by atoms with Crippen LogP contribution < -0.4 is 11.5 Å². The third kappa shape index (κ3) is 7.58. The van der Waals surface area contributed by atoms with Gasteiger partial charge < -0.3 is 11.5 Å². The van der Waals surface area contributed by atoms with Crippen LogP contribution in [0.25, 0.3) is 0 Å². The Morgan fingerprint density at radius 3 is 1.24 bits per heavy atom. The SMILES string of the molecule is NCCS(=O)(=O)OS(=O)(=O)OS(=O)(=O)CCN. The highest BCUT2D eigenvalue weighted by Gasteiger charge is 2.29. The summed E-state index contributed by atoms with van der Waals surface area (Å²) in [6.07, 6.45) is 0. The van der Waals surface area contributed by atoms with Crippen molar-refractivity contribution >= 4 is 30.6 Å². The summed E-state index contributed by atoms with van der Waals surface area (Å²) >= 11 is 0. The second-order valence-corrected chi connectivity index (χ2v) is 7.60.